The minimum Gasteiger partial charge on any atom is -0.325 e. The van der Waals surface area contributed by atoms with Gasteiger partial charge in [0.15, 0.2) is 0 Å². The molecular weight excluding hydrogens is 224 g/mol. The Balaban J connectivity index is 2.08. The van der Waals surface area contributed by atoms with E-state index in [0.29, 0.717) is 12.5 Å². The van der Waals surface area contributed by atoms with Crippen LogP contribution in [0.25, 0.3) is 5.69 Å². The van der Waals surface area contributed by atoms with Crippen LogP contribution in [0.3, 0.4) is 0 Å². The van der Waals surface area contributed by atoms with Crippen molar-refractivity contribution < 1.29 is 0 Å². The van der Waals surface area contributed by atoms with Crippen molar-refractivity contribution in [2.24, 2.45) is 5.73 Å². The quantitative estimate of drug-likeness (QED) is 0.898. The first-order chi connectivity index (χ1) is 8.79. The summed E-state index contributed by atoms with van der Waals surface area (Å²) in [5.41, 5.74) is 10.3. The minimum atomic E-state index is 0.470. The summed E-state index contributed by atoms with van der Waals surface area (Å²) in [6, 6.07) is 8.35. The molecule has 0 unspecified atom stereocenters. The highest BCUT2D eigenvalue weighted by atomic mass is 15.4. The van der Waals surface area contributed by atoms with Crippen molar-refractivity contribution >= 4 is 0 Å². The van der Waals surface area contributed by atoms with Gasteiger partial charge in [0.25, 0.3) is 0 Å². The molecule has 3 rings (SSSR count). The number of rotatable bonds is 3. The Morgan fingerprint density at radius 3 is 2.83 bits per heavy atom. The van der Waals surface area contributed by atoms with Crippen molar-refractivity contribution in [2.45, 2.75) is 38.6 Å². The van der Waals surface area contributed by atoms with E-state index in [4.69, 9.17) is 5.73 Å². The Labute approximate surface area is 107 Å². The van der Waals surface area contributed by atoms with E-state index in [1.54, 1.807) is 0 Å². The topological polar surface area (TPSA) is 56.7 Å². The second-order valence-electron chi connectivity index (χ2n) is 5.00. The molecule has 1 saturated carbocycles. The summed E-state index contributed by atoms with van der Waals surface area (Å²) in [6.45, 7) is 2.56. The third-order valence-corrected chi connectivity index (χ3v) is 3.71. The van der Waals surface area contributed by atoms with Gasteiger partial charge >= 0.3 is 0 Å². The molecule has 1 heterocycles. The number of nitrogens with two attached hydrogens (primary N) is 1. The number of aromatic nitrogens is 3. The third kappa shape index (κ3) is 1.82. The van der Waals surface area contributed by atoms with Gasteiger partial charge in [-0.2, -0.15) is 0 Å². The average Bonchev–Trinajstić information content (AvgIpc) is 2.70. The highest BCUT2D eigenvalue weighted by Gasteiger charge is 2.27. The summed E-state index contributed by atoms with van der Waals surface area (Å²) in [4.78, 5) is 0. The lowest BCUT2D eigenvalue weighted by Crippen LogP contribution is -2.17. The van der Waals surface area contributed by atoms with Gasteiger partial charge in [-0.15, -0.1) is 5.10 Å². The first-order valence-electron chi connectivity index (χ1n) is 6.51. The summed E-state index contributed by atoms with van der Waals surface area (Å²) < 4.78 is 1.97. The zero-order valence-corrected chi connectivity index (χ0v) is 10.6. The van der Waals surface area contributed by atoms with E-state index in [1.807, 2.05) is 4.68 Å². The Bertz CT molecular complexity index is 555. The van der Waals surface area contributed by atoms with Gasteiger partial charge in [-0.3, -0.25) is 0 Å². The van der Waals surface area contributed by atoms with Crippen LogP contribution in [0.5, 0.6) is 0 Å². The molecule has 0 saturated heterocycles. The molecular formula is C14H18N4. The molecule has 0 radical (unpaired) electrons. The monoisotopic (exact) mass is 242 g/mol. The lowest BCUT2D eigenvalue weighted by molar-refractivity contribution is 0.401. The van der Waals surface area contributed by atoms with Gasteiger partial charge in [-0.1, -0.05) is 23.8 Å². The smallest absolute Gasteiger partial charge is 0.100 e. The molecule has 1 aliphatic rings. The molecule has 1 aromatic carbocycles. The molecule has 18 heavy (non-hydrogen) atoms. The predicted molar refractivity (Wildman–Crippen MR) is 70.6 cm³/mol. The van der Waals surface area contributed by atoms with Gasteiger partial charge < -0.3 is 5.73 Å². The van der Waals surface area contributed by atoms with E-state index in [9.17, 15) is 0 Å². The second-order valence-corrected chi connectivity index (χ2v) is 5.00. The van der Waals surface area contributed by atoms with Crippen LogP contribution in [-0.2, 0) is 6.54 Å². The van der Waals surface area contributed by atoms with E-state index >= 15 is 0 Å². The Morgan fingerprint density at radius 1 is 1.39 bits per heavy atom. The molecule has 1 aliphatic carbocycles. The minimum absolute atomic E-state index is 0.470. The molecule has 0 aliphatic heterocycles. The normalized spacial score (nSPS) is 15.7. The fourth-order valence-corrected chi connectivity index (χ4v) is 2.51. The maximum Gasteiger partial charge on any atom is 0.100 e. The standard InChI is InChI=1S/C14H18N4/c1-10-4-2-7-12(8-10)18-14(11-5-3-6-11)13(9-15)16-17-18/h2,4,7-8,11H,3,5-6,9,15H2,1H3. The molecule has 0 spiro atoms. The zero-order valence-electron chi connectivity index (χ0n) is 10.6. The molecule has 2 aromatic rings. The third-order valence-electron chi connectivity index (χ3n) is 3.71. The average molecular weight is 242 g/mol. The van der Waals surface area contributed by atoms with Crippen LogP contribution in [0.1, 0.15) is 42.1 Å². The SMILES string of the molecule is Cc1cccc(-n2nnc(CN)c2C2CCC2)c1. The first-order valence-corrected chi connectivity index (χ1v) is 6.51. The molecule has 2 N–H and O–H groups in total. The van der Waals surface area contributed by atoms with Gasteiger partial charge in [-0.25, -0.2) is 4.68 Å². The first kappa shape index (κ1) is 11.4. The Kier molecular flexibility index (Phi) is 2.88. The van der Waals surface area contributed by atoms with Crippen LogP contribution in [-0.4, -0.2) is 15.0 Å². The zero-order chi connectivity index (χ0) is 12.5. The van der Waals surface area contributed by atoms with E-state index in [-0.39, 0.29) is 0 Å². The maximum absolute atomic E-state index is 5.77. The van der Waals surface area contributed by atoms with Gasteiger partial charge in [0.05, 0.1) is 11.4 Å². The Morgan fingerprint density at radius 2 is 2.22 bits per heavy atom. The molecule has 0 amide bonds. The van der Waals surface area contributed by atoms with E-state index in [1.165, 1.54) is 30.5 Å². The van der Waals surface area contributed by atoms with Crippen LogP contribution < -0.4 is 5.73 Å². The van der Waals surface area contributed by atoms with E-state index in [2.05, 4.69) is 41.5 Å². The summed E-state index contributed by atoms with van der Waals surface area (Å²) in [5.74, 6) is 0.582. The molecule has 0 atom stereocenters. The van der Waals surface area contributed by atoms with Crippen molar-refractivity contribution in [3.63, 3.8) is 0 Å². The number of nitrogens with zero attached hydrogens (tertiary/aromatic N) is 3. The summed E-state index contributed by atoms with van der Waals surface area (Å²) >= 11 is 0. The summed E-state index contributed by atoms with van der Waals surface area (Å²) in [6.07, 6.45) is 3.76. The maximum atomic E-state index is 5.77. The van der Waals surface area contributed by atoms with Crippen LogP contribution in [0.15, 0.2) is 24.3 Å². The lowest BCUT2D eigenvalue weighted by Gasteiger charge is -2.26. The second kappa shape index (κ2) is 4.53. The highest BCUT2D eigenvalue weighted by Crippen LogP contribution is 2.38. The van der Waals surface area contributed by atoms with Crippen LogP contribution in [0.4, 0.5) is 0 Å². The fraction of sp³-hybridized carbons (Fsp3) is 0.429. The molecule has 0 bridgehead atoms. The summed E-state index contributed by atoms with van der Waals surface area (Å²) in [7, 11) is 0. The van der Waals surface area contributed by atoms with Crippen LogP contribution >= 0.6 is 0 Å². The van der Waals surface area contributed by atoms with Gasteiger partial charge in [-0.05, 0) is 37.5 Å². The number of aryl methyl sites for hydroxylation is 1. The predicted octanol–water partition coefficient (Wildman–Crippen LogP) is 2.30. The highest BCUT2D eigenvalue weighted by molar-refractivity contribution is 5.37. The molecule has 1 aromatic heterocycles. The van der Waals surface area contributed by atoms with E-state index < -0.39 is 0 Å². The van der Waals surface area contributed by atoms with Crippen LogP contribution in [0.2, 0.25) is 0 Å². The number of benzene rings is 1. The van der Waals surface area contributed by atoms with Gasteiger partial charge in [0.2, 0.25) is 0 Å². The molecule has 1 fully saturated rings. The Hall–Kier alpha value is -1.68. The van der Waals surface area contributed by atoms with Crippen molar-refractivity contribution in [3.8, 4) is 5.69 Å². The van der Waals surface area contributed by atoms with Crippen molar-refractivity contribution in [3.05, 3.63) is 41.2 Å². The number of hydrogen-bond acceptors (Lipinski definition) is 3. The van der Waals surface area contributed by atoms with Crippen molar-refractivity contribution in [1.82, 2.24) is 15.0 Å². The van der Waals surface area contributed by atoms with E-state index in [0.717, 1.165) is 11.4 Å². The summed E-state index contributed by atoms with van der Waals surface area (Å²) in [5, 5.41) is 8.52. The largest absolute Gasteiger partial charge is 0.325 e. The fourth-order valence-electron chi connectivity index (χ4n) is 2.51. The molecule has 4 heteroatoms. The van der Waals surface area contributed by atoms with Crippen molar-refractivity contribution in [2.75, 3.05) is 0 Å². The van der Waals surface area contributed by atoms with Gasteiger partial charge in [0.1, 0.15) is 5.69 Å². The molecule has 94 valence electrons. The number of hydrogen-bond donors (Lipinski definition) is 1. The van der Waals surface area contributed by atoms with Gasteiger partial charge in [0, 0.05) is 12.5 Å². The molecule has 4 nitrogen and oxygen atoms in total. The lowest BCUT2D eigenvalue weighted by atomic mass is 9.82. The van der Waals surface area contributed by atoms with Crippen LogP contribution in [0, 0.1) is 6.92 Å². The van der Waals surface area contributed by atoms with Crippen molar-refractivity contribution in [1.29, 1.82) is 0 Å².